The molecule has 2 N–H and O–H groups in total. The van der Waals surface area contributed by atoms with Crippen molar-refractivity contribution in [2.24, 2.45) is 0 Å². The average Bonchev–Trinajstić information content (AvgIpc) is 2.05. The number of aliphatic hydroxyl groups excluding tert-OH is 2. The van der Waals surface area contributed by atoms with Crippen LogP contribution < -0.4 is 0 Å². The van der Waals surface area contributed by atoms with E-state index in [0.29, 0.717) is 0 Å². The van der Waals surface area contributed by atoms with Gasteiger partial charge in [-0.3, -0.25) is 0 Å². The van der Waals surface area contributed by atoms with Crippen LogP contribution in [0.25, 0.3) is 0 Å². The first-order valence-electron chi connectivity index (χ1n) is 3.62. The molecule has 1 atom stereocenters. The molecule has 0 aromatic heterocycles. The zero-order valence-electron chi connectivity index (χ0n) is 6.49. The lowest BCUT2D eigenvalue weighted by Gasteiger charge is -2.04. The summed E-state index contributed by atoms with van der Waals surface area (Å²) in [6, 6.07) is 7.29. The second-order valence-corrected chi connectivity index (χ2v) is 2.58. The molecule has 60 valence electrons. The fourth-order valence-corrected chi connectivity index (χ4v) is 0.951. The Morgan fingerprint density at radius 1 is 1.45 bits per heavy atom. The van der Waals surface area contributed by atoms with E-state index in [9.17, 15) is 0 Å². The van der Waals surface area contributed by atoms with E-state index >= 15 is 0 Å². The van der Waals surface area contributed by atoms with Gasteiger partial charge in [-0.1, -0.05) is 24.3 Å². The minimum atomic E-state index is -0.457. The summed E-state index contributed by atoms with van der Waals surface area (Å²) in [5.74, 6) is 0. The molecule has 2 nitrogen and oxygen atoms in total. The first-order chi connectivity index (χ1) is 5.24. The lowest BCUT2D eigenvalue weighted by molar-refractivity contribution is 0.199. The second-order valence-electron chi connectivity index (χ2n) is 2.58. The number of aliphatic hydroxyl groups is 2. The van der Waals surface area contributed by atoms with Gasteiger partial charge >= 0.3 is 0 Å². The third-order valence-corrected chi connectivity index (χ3v) is 1.62. The molecule has 1 aromatic carbocycles. The van der Waals surface area contributed by atoms with Gasteiger partial charge in [-0.2, -0.15) is 0 Å². The Balaban J connectivity index is 2.91. The number of hydrogen-bond acceptors (Lipinski definition) is 2. The van der Waals surface area contributed by atoms with Gasteiger partial charge in [-0.05, 0) is 18.1 Å². The van der Waals surface area contributed by atoms with E-state index in [1.807, 2.05) is 18.2 Å². The minimum Gasteiger partial charge on any atom is -0.392 e. The van der Waals surface area contributed by atoms with Crippen molar-refractivity contribution in [3.63, 3.8) is 0 Å². The highest BCUT2D eigenvalue weighted by atomic mass is 16.3. The Morgan fingerprint density at radius 2 is 2.18 bits per heavy atom. The van der Waals surface area contributed by atoms with Gasteiger partial charge in [-0.25, -0.2) is 0 Å². The molecule has 11 heavy (non-hydrogen) atoms. The van der Waals surface area contributed by atoms with Gasteiger partial charge in [0.1, 0.15) is 0 Å². The second kappa shape index (κ2) is 3.51. The van der Waals surface area contributed by atoms with Crippen molar-refractivity contribution in [1.29, 1.82) is 0 Å². The maximum atomic E-state index is 9.16. The first-order valence-corrected chi connectivity index (χ1v) is 3.62. The Hall–Kier alpha value is -0.860. The molecular formula is C9H12O2. The van der Waals surface area contributed by atoms with Gasteiger partial charge < -0.3 is 10.2 Å². The smallest absolute Gasteiger partial charge is 0.0762 e. The van der Waals surface area contributed by atoms with Crippen LogP contribution in [0.3, 0.4) is 0 Å². The third-order valence-electron chi connectivity index (χ3n) is 1.62. The number of hydrogen-bond donors (Lipinski definition) is 2. The zero-order valence-corrected chi connectivity index (χ0v) is 6.49. The van der Waals surface area contributed by atoms with Crippen molar-refractivity contribution in [3.05, 3.63) is 35.4 Å². The van der Waals surface area contributed by atoms with E-state index in [4.69, 9.17) is 10.2 Å². The molecule has 0 aliphatic rings. The first kappa shape index (κ1) is 8.24. The van der Waals surface area contributed by atoms with E-state index in [-0.39, 0.29) is 6.61 Å². The summed E-state index contributed by atoms with van der Waals surface area (Å²) < 4.78 is 0. The fourth-order valence-electron chi connectivity index (χ4n) is 0.951. The lowest BCUT2D eigenvalue weighted by atomic mass is 10.1. The van der Waals surface area contributed by atoms with Crippen LogP contribution in [0, 0.1) is 0 Å². The molecule has 0 heterocycles. The summed E-state index contributed by atoms with van der Waals surface area (Å²) in [4.78, 5) is 0. The standard InChI is InChI=1S/C9H12O2/c1-7(11)9-4-2-3-8(5-9)6-10/h2-5,7,10-11H,6H2,1H3/t7-/m1/s1. The topological polar surface area (TPSA) is 40.5 Å². The van der Waals surface area contributed by atoms with Gasteiger partial charge in [0.25, 0.3) is 0 Å². The van der Waals surface area contributed by atoms with E-state index < -0.39 is 6.10 Å². The lowest BCUT2D eigenvalue weighted by Crippen LogP contribution is -1.92. The predicted molar refractivity (Wildman–Crippen MR) is 43.0 cm³/mol. The molecule has 0 aliphatic carbocycles. The molecule has 0 aliphatic heterocycles. The molecule has 0 bridgehead atoms. The average molecular weight is 152 g/mol. The van der Waals surface area contributed by atoms with Crippen LogP contribution in [-0.2, 0) is 6.61 Å². The summed E-state index contributed by atoms with van der Waals surface area (Å²) in [5.41, 5.74) is 1.68. The van der Waals surface area contributed by atoms with Gasteiger partial charge in [0, 0.05) is 0 Å². The molecule has 0 saturated heterocycles. The Kier molecular flexibility index (Phi) is 2.63. The highest BCUT2D eigenvalue weighted by Gasteiger charge is 1.99. The van der Waals surface area contributed by atoms with Crippen molar-refractivity contribution >= 4 is 0 Å². The summed E-state index contributed by atoms with van der Waals surface area (Å²) in [6.45, 7) is 1.73. The van der Waals surface area contributed by atoms with Gasteiger partial charge in [0.15, 0.2) is 0 Å². The van der Waals surface area contributed by atoms with Crippen LogP contribution in [-0.4, -0.2) is 10.2 Å². The van der Waals surface area contributed by atoms with Gasteiger partial charge in [0.2, 0.25) is 0 Å². The molecular weight excluding hydrogens is 140 g/mol. The highest BCUT2D eigenvalue weighted by molar-refractivity contribution is 5.24. The number of rotatable bonds is 2. The maximum Gasteiger partial charge on any atom is 0.0762 e. The van der Waals surface area contributed by atoms with Crippen LogP contribution in [0.15, 0.2) is 24.3 Å². The van der Waals surface area contributed by atoms with E-state index in [2.05, 4.69) is 0 Å². The summed E-state index contributed by atoms with van der Waals surface area (Å²) in [5, 5.41) is 17.9. The minimum absolute atomic E-state index is 0.0283. The Morgan fingerprint density at radius 3 is 2.73 bits per heavy atom. The van der Waals surface area contributed by atoms with Gasteiger partial charge in [0.05, 0.1) is 12.7 Å². The molecule has 0 saturated carbocycles. The zero-order chi connectivity index (χ0) is 8.27. The van der Waals surface area contributed by atoms with Crippen molar-refractivity contribution in [3.8, 4) is 0 Å². The molecule has 0 fully saturated rings. The quantitative estimate of drug-likeness (QED) is 0.669. The molecule has 1 rings (SSSR count). The van der Waals surface area contributed by atoms with Crippen LogP contribution >= 0.6 is 0 Å². The normalized spacial score (nSPS) is 13.0. The summed E-state index contributed by atoms with van der Waals surface area (Å²) >= 11 is 0. The predicted octanol–water partition coefficient (Wildman–Crippen LogP) is 1.23. The Bertz CT molecular complexity index is 231. The molecule has 0 amide bonds. The monoisotopic (exact) mass is 152 g/mol. The van der Waals surface area contributed by atoms with E-state index in [0.717, 1.165) is 11.1 Å². The Labute approximate surface area is 66.1 Å². The molecule has 0 spiro atoms. The van der Waals surface area contributed by atoms with Crippen molar-refractivity contribution in [1.82, 2.24) is 0 Å². The van der Waals surface area contributed by atoms with Gasteiger partial charge in [-0.15, -0.1) is 0 Å². The molecule has 0 radical (unpaired) electrons. The summed E-state index contributed by atoms with van der Waals surface area (Å²) in [7, 11) is 0. The van der Waals surface area contributed by atoms with Crippen LogP contribution in [0.4, 0.5) is 0 Å². The summed E-state index contributed by atoms with van der Waals surface area (Å²) in [6.07, 6.45) is -0.457. The SMILES string of the molecule is C[C@@H](O)c1cccc(CO)c1. The largest absolute Gasteiger partial charge is 0.392 e. The van der Waals surface area contributed by atoms with Crippen molar-refractivity contribution < 1.29 is 10.2 Å². The van der Waals surface area contributed by atoms with Crippen molar-refractivity contribution in [2.45, 2.75) is 19.6 Å². The van der Waals surface area contributed by atoms with Crippen LogP contribution in [0.5, 0.6) is 0 Å². The third kappa shape index (κ3) is 2.03. The van der Waals surface area contributed by atoms with E-state index in [1.54, 1.807) is 13.0 Å². The van der Waals surface area contributed by atoms with Crippen LogP contribution in [0.1, 0.15) is 24.2 Å². The molecule has 0 unspecified atom stereocenters. The fraction of sp³-hybridized carbons (Fsp3) is 0.333. The number of benzene rings is 1. The highest BCUT2D eigenvalue weighted by Crippen LogP contribution is 2.13. The van der Waals surface area contributed by atoms with Crippen LogP contribution in [0.2, 0.25) is 0 Å². The maximum absolute atomic E-state index is 9.16. The molecule has 2 heteroatoms. The molecule has 1 aromatic rings. The van der Waals surface area contributed by atoms with E-state index in [1.165, 1.54) is 0 Å². The van der Waals surface area contributed by atoms with Crippen molar-refractivity contribution in [2.75, 3.05) is 0 Å².